The van der Waals surface area contributed by atoms with Crippen LogP contribution in [0.2, 0.25) is 5.02 Å². The maximum absolute atomic E-state index is 12.0. The van der Waals surface area contributed by atoms with Gasteiger partial charge in [0.15, 0.2) is 5.78 Å². The van der Waals surface area contributed by atoms with Gasteiger partial charge in [-0.15, -0.1) is 0 Å². The van der Waals surface area contributed by atoms with Gasteiger partial charge in [0.05, 0.1) is 6.61 Å². The van der Waals surface area contributed by atoms with Crippen molar-refractivity contribution < 1.29 is 9.53 Å². The predicted molar refractivity (Wildman–Crippen MR) is 82.4 cm³/mol. The number of ether oxygens (including phenoxy) is 1. The van der Waals surface area contributed by atoms with E-state index in [1.54, 1.807) is 36.4 Å². The molecule has 20 heavy (non-hydrogen) atoms. The Balaban J connectivity index is 2.10. The molecule has 0 fully saturated rings. The van der Waals surface area contributed by atoms with Crippen LogP contribution in [-0.2, 0) is 0 Å². The standard InChI is InChI=1S/C17H15ClO2/c1-2-20-16-5-3-4-13(12-16)6-11-17(19)14-7-9-15(18)10-8-14/h3-12H,2H2,1H3/b11-6+. The van der Waals surface area contributed by atoms with Crippen LogP contribution >= 0.6 is 11.6 Å². The highest BCUT2D eigenvalue weighted by Crippen LogP contribution is 2.15. The highest BCUT2D eigenvalue weighted by Gasteiger charge is 2.01. The zero-order valence-electron chi connectivity index (χ0n) is 11.2. The number of hydrogen-bond donors (Lipinski definition) is 0. The van der Waals surface area contributed by atoms with Crippen LogP contribution in [0.1, 0.15) is 22.8 Å². The molecule has 3 heteroatoms. The molecule has 102 valence electrons. The Morgan fingerprint density at radius 3 is 2.65 bits per heavy atom. The Labute approximate surface area is 123 Å². The summed E-state index contributed by atoms with van der Waals surface area (Å²) in [5, 5.41) is 0.620. The van der Waals surface area contributed by atoms with Crippen molar-refractivity contribution in [3.05, 3.63) is 70.8 Å². The summed E-state index contributed by atoms with van der Waals surface area (Å²) < 4.78 is 5.42. The average molecular weight is 287 g/mol. The lowest BCUT2D eigenvalue weighted by Crippen LogP contribution is -1.93. The summed E-state index contributed by atoms with van der Waals surface area (Å²) in [6.07, 6.45) is 3.33. The van der Waals surface area contributed by atoms with Gasteiger partial charge >= 0.3 is 0 Å². The van der Waals surface area contributed by atoms with E-state index in [-0.39, 0.29) is 5.78 Å². The minimum absolute atomic E-state index is 0.0523. The van der Waals surface area contributed by atoms with Gasteiger partial charge in [-0.3, -0.25) is 4.79 Å². The fourth-order valence-electron chi connectivity index (χ4n) is 1.76. The van der Waals surface area contributed by atoms with E-state index in [4.69, 9.17) is 16.3 Å². The smallest absolute Gasteiger partial charge is 0.185 e. The van der Waals surface area contributed by atoms with Crippen LogP contribution in [0.3, 0.4) is 0 Å². The highest BCUT2D eigenvalue weighted by molar-refractivity contribution is 6.30. The molecule has 0 unspecified atom stereocenters. The average Bonchev–Trinajstić information content (AvgIpc) is 2.46. The van der Waals surface area contributed by atoms with Gasteiger partial charge in [-0.1, -0.05) is 29.8 Å². The summed E-state index contributed by atoms with van der Waals surface area (Å²) >= 11 is 5.79. The third-order valence-corrected chi connectivity index (χ3v) is 2.98. The van der Waals surface area contributed by atoms with Gasteiger partial charge in [0.1, 0.15) is 5.75 Å². The number of ketones is 1. The second-order valence-corrected chi connectivity index (χ2v) is 4.65. The van der Waals surface area contributed by atoms with Crippen LogP contribution in [0, 0.1) is 0 Å². The summed E-state index contributed by atoms with van der Waals surface area (Å²) in [5.41, 5.74) is 1.55. The zero-order chi connectivity index (χ0) is 14.4. The van der Waals surface area contributed by atoms with Crippen molar-refractivity contribution in [2.45, 2.75) is 6.92 Å². The van der Waals surface area contributed by atoms with E-state index in [9.17, 15) is 4.79 Å². The third-order valence-electron chi connectivity index (χ3n) is 2.72. The Hall–Kier alpha value is -2.06. The zero-order valence-corrected chi connectivity index (χ0v) is 11.9. The second-order valence-electron chi connectivity index (χ2n) is 4.21. The van der Waals surface area contributed by atoms with Gasteiger partial charge in [-0.2, -0.15) is 0 Å². The molecule has 0 saturated heterocycles. The number of rotatable bonds is 5. The van der Waals surface area contributed by atoms with Crippen molar-refractivity contribution in [3.63, 3.8) is 0 Å². The van der Waals surface area contributed by atoms with Crippen molar-refractivity contribution in [1.82, 2.24) is 0 Å². The number of halogens is 1. The van der Waals surface area contributed by atoms with Gasteiger partial charge in [-0.05, 0) is 55.0 Å². The molecule has 0 bridgehead atoms. The minimum atomic E-state index is -0.0523. The van der Waals surface area contributed by atoms with Gasteiger partial charge < -0.3 is 4.74 Å². The van der Waals surface area contributed by atoms with Crippen molar-refractivity contribution in [1.29, 1.82) is 0 Å². The minimum Gasteiger partial charge on any atom is -0.494 e. The SMILES string of the molecule is CCOc1cccc(/C=C/C(=O)c2ccc(Cl)cc2)c1. The highest BCUT2D eigenvalue weighted by atomic mass is 35.5. The van der Waals surface area contributed by atoms with Crippen molar-refractivity contribution in [2.24, 2.45) is 0 Å². The van der Waals surface area contributed by atoms with Crippen LogP contribution in [0.25, 0.3) is 6.08 Å². The second kappa shape index (κ2) is 6.92. The molecule has 0 aliphatic heterocycles. The van der Waals surface area contributed by atoms with E-state index < -0.39 is 0 Å². The molecule has 0 N–H and O–H groups in total. The molecule has 0 aromatic heterocycles. The Bertz CT molecular complexity index is 615. The number of allylic oxidation sites excluding steroid dienone is 1. The first-order valence-electron chi connectivity index (χ1n) is 6.40. The number of hydrogen-bond acceptors (Lipinski definition) is 2. The molecular formula is C17H15ClO2. The Morgan fingerprint density at radius 2 is 1.95 bits per heavy atom. The summed E-state index contributed by atoms with van der Waals surface area (Å²) in [6.45, 7) is 2.56. The van der Waals surface area contributed by atoms with E-state index in [0.717, 1.165) is 11.3 Å². The molecule has 0 aliphatic carbocycles. The van der Waals surface area contributed by atoms with E-state index in [1.807, 2.05) is 31.2 Å². The molecule has 0 amide bonds. The van der Waals surface area contributed by atoms with Crippen LogP contribution in [-0.4, -0.2) is 12.4 Å². The van der Waals surface area contributed by atoms with E-state index >= 15 is 0 Å². The van der Waals surface area contributed by atoms with Gasteiger partial charge in [0.2, 0.25) is 0 Å². The number of carbonyl (C=O) groups is 1. The van der Waals surface area contributed by atoms with Gasteiger partial charge in [-0.25, -0.2) is 0 Å². The Kier molecular flexibility index (Phi) is 4.97. The monoisotopic (exact) mass is 286 g/mol. The molecule has 0 spiro atoms. The van der Waals surface area contributed by atoms with Gasteiger partial charge in [0, 0.05) is 10.6 Å². The van der Waals surface area contributed by atoms with Crippen LogP contribution in [0.5, 0.6) is 5.75 Å². The molecule has 2 rings (SSSR count). The summed E-state index contributed by atoms with van der Waals surface area (Å²) in [5.74, 6) is 0.747. The normalized spacial score (nSPS) is 10.7. The topological polar surface area (TPSA) is 26.3 Å². The van der Waals surface area contributed by atoms with Crippen LogP contribution < -0.4 is 4.74 Å². The molecule has 0 heterocycles. The summed E-state index contributed by atoms with van der Waals surface area (Å²) in [4.78, 5) is 12.0. The first-order chi connectivity index (χ1) is 9.69. The largest absolute Gasteiger partial charge is 0.494 e. The van der Waals surface area contributed by atoms with Crippen molar-refractivity contribution >= 4 is 23.5 Å². The first-order valence-corrected chi connectivity index (χ1v) is 6.77. The molecule has 0 aliphatic rings. The molecule has 2 aromatic rings. The lowest BCUT2D eigenvalue weighted by Gasteiger charge is -2.03. The fraction of sp³-hybridized carbons (Fsp3) is 0.118. The van der Waals surface area contributed by atoms with Gasteiger partial charge in [0.25, 0.3) is 0 Å². The van der Waals surface area contributed by atoms with E-state index in [2.05, 4.69) is 0 Å². The van der Waals surface area contributed by atoms with Crippen molar-refractivity contribution in [3.8, 4) is 5.75 Å². The summed E-state index contributed by atoms with van der Waals surface area (Å²) in [7, 11) is 0. The maximum Gasteiger partial charge on any atom is 0.185 e. The molecular weight excluding hydrogens is 272 g/mol. The molecule has 0 atom stereocenters. The summed E-state index contributed by atoms with van der Waals surface area (Å²) in [6, 6.07) is 14.5. The van der Waals surface area contributed by atoms with Crippen molar-refractivity contribution in [2.75, 3.05) is 6.61 Å². The molecule has 0 radical (unpaired) electrons. The number of carbonyl (C=O) groups excluding carboxylic acids is 1. The molecule has 2 aromatic carbocycles. The van der Waals surface area contributed by atoms with Crippen LogP contribution in [0.4, 0.5) is 0 Å². The Morgan fingerprint density at radius 1 is 1.20 bits per heavy atom. The number of benzene rings is 2. The third kappa shape index (κ3) is 3.97. The molecule has 2 nitrogen and oxygen atoms in total. The van der Waals surface area contributed by atoms with E-state index in [1.165, 1.54) is 0 Å². The quantitative estimate of drug-likeness (QED) is 0.591. The van der Waals surface area contributed by atoms with Crippen LogP contribution in [0.15, 0.2) is 54.6 Å². The van der Waals surface area contributed by atoms with E-state index in [0.29, 0.717) is 17.2 Å². The first kappa shape index (κ1) is 14.4. The lowest BCUT2D eigenvalue weighted by molar-refractivity contribution is 0.104. The lowest BCUT2D eigenvalue weighted by atomic mass is 10.1. The maximum atomic E-state index is 12.0. The fourth-order valence-corrected chi connectivity index (χ4v) is 1.88. The molecule has 0 saturated carbocycles. The predicted octanol–water partition coefficient (Wildman–Crippen LogP) is 4.63.